The molecule has 6 nitrogen and oxygen atoms in total. The summed E-state index contributed by atoms with van der Waals surface area (Å²) in [5.74, 6) is 0.182. The van der Waals surface area contributed by atoms with Gasteiger partial charge in [0.15, 0.2) is 0 Å². The van der Waals surface area contributed by atoms with Gasteiger partial charge in [0, 0.05) is 11.3 Å². The standard InChI is InChI=1S/C28H25FN4O2/c1-17-7-11-20(12-8-17)16-33-19(3)24(25(30-28(33)34)21-13-9-18(2)10-14-21)27-31-26(32-35-27)22-5-4-6-23(29)15-22/h4-15,25H,16H2,1-3H3,(H,30,34). The van der Waals surface area contributed by atoms with Gasteiger partial charge in [0.1, 0.15) is 5.82 Å². The zero-order chi connectivity index (χ0) is 24.5. The Balaban J connectivity index is 1.59. The van der Waals surface area contributed by atoms with E-state index in [4.69, 9.17) is 4.52 Å². The number of aryl methyl sites for hydroxylation is 2. The molecular formula is C28H25FN4O2. The monoisotopic (exact) mass is 468 g/mol. The smallest absolute Gasteiger partial charge is 0.322 e. The molecule has 3 aromatic carbocycles. The Labute approximate surface area is 203 Å². The third-order valence-corrected chi connectivity index (χ3v) is 6.21. The van der Waals surface area contributed by atoms with E-state index in [1.54, 1.807) is 17.0 Å². The highest BCUT2D eigenvalue weighted by molar-refractivity contribution is 5.86. The van der Waals surface area contributed by atoms with Gasteiger partial charge in [-0.2, -0.15) is 4.98 Å². The number of aromatic nitrogens is 2. The third kappa shape index (κ3) is 4.57. The SMILES string of the molecule is CC1=C(c2nc(-c3cccc(F)c3)no2)C(c2ccc(C)cc2)NC(=O)N1Cc1ccc(C)cc1. The van der Waals surface area contributed by atoms with Crippen LogP contribution in [-0.2, 0) is 6.54 Å². The molecule has 176 valence electrons. The van der Waals surface area contributed by atoms with Crippen LogP contribution >= 0.6 is 0 Å². The van der Waals surface area contributed by atoms with Gasteiger partial charge in [0.05, 0.1) is 18.2 Å². The number of hydrogen-bond donors (Lipinski definition) is 1. The molecule has 0 radical (unpaired) electrons. The number of amides is 2. The molecule has 1 atom stereocenters. The fourth-order valence-corrected chi connectivity index (χ4v) is 4.21. The Bertz CT molecular complexity index is 1410. The van der Waals surface area contributed by atoms with Crippen molar-refractivity contribution < 1.29 is 13.7 Å². The summed E-state index contributed by atoms with van der Waals surface area (Å²) in [7, 11) is 0. The summed E-state index contributed by atoms with van der Waals surface area (Å²) in [5.41, 5.74) is 6.11. The first-order valence-electron chi connectivity index (χ1n) is 11.4. The molecule has 1 aliphatic heterocycles. The summed E-state index contributed by atoms with van der Waals surface area (Å²) in [4.78, 5) is 19.5. The van der Waals surface area contributed by atoms with E-state index < -0.39 is 6.04 Å². The van der Waals surface area contributed by atoms with Crippen LogP contribution in [0.2, 0.25) is 0 Å². The number of carbonyl (C=O) groups excluding carboxylic acids is 1. The number of nitrogens with zero attached hydrogens (tertiary/aromatic N) is 3. The van der Waals surface area contributed by atoms with Crippen LogP contribution in [0.4, 0.5) is 9.18 Å². The Kier molecular flexibility index (Phi) is 5.91. The van der Waals surface area contributed by atoms with E-state index in [-0.39, 0.29) is 23.6 Å². The average Bonchev–Trinajstić information content (AvgIpc) is 3.33. The van der Waals surface area contributed by atoms with Crippen LogP contribution < -0.4 is 5.32 Å². The lowest BCUT2D eigenvalue weighted by Crippen LogP contribution is -2.45. The van der Waals surface area contributed by atoms with Gasteiger partial charge in [-0.3, -0.25) is 4.90 Å². The minimum atomic E-state index is -0.474. The van der Waals surface area contributed by atoms with Crippen LogP contribution in [-0.4, -0.2) is 21.1 Å². The van der Waals surface area contributed by atoms with E-state index in [0.29, 0.717) is 23.4 Å². The molecule has 0 fully saturated rings. The van der Waals surface area contributed by atoms with Crippen LogP contribution in [0.15, 0.2) is 83.0 Å². The lowest BCUT2D eigenvalue weighted by molar-refractivity contribution is 0.203. The van der Waals surface area contributed by atoms with Crippen LogP contribution in [0.25, 0.3) is 17.0 Å². The topological polar surface area (TPSA) is 71.3 Å². The van der Waals surface area contributed by atoms with Gasteiger partial charge in [-0.25, -0.2) is 9.18 Å². The summed E-state index contributed by atoms with van der Waals surface area (Å²) in [5, 5.41) is 7.21. The third-order valence-electron chi connectivity index (χ3n) is 6.21. The number of nitrogens with one attached hydrogen (secondary N) is 1. The maximum Gasteiger partial charge on any atom is 0.322 e. The van der Waals surface area contributed by atoms with Crippen molar-refractivity contribution >= 4 is 11.6 Å². The van der Waals surface area contributed by atoms with Gasteiger partial charge in [0.2, 0.25) is 5.82 Å². The van der Waals surface area contributed by atoms with Gasteiger partial charge in [0.25, 0.3) is 5.89 Å². The van der Waals surface area contributed by atoms with Crippen molar-refractivity contribution in [2.75, 3.05) is 0 Å². The number of rotatable bonds is 5. The molecule has 5 rings (SSSR count). The van der Waals surface area contributed by atoms with E-state index in [9.17, 15) is 9.18 Å². The van der Waals surface area contributed by atoms with Crippen LogP contribution in [0.1, 0.15) is 41.1 Å². The van der Waals surface area contributed by atoms with Crippen molar-refractivity contribution in [3.8, 4) is 11.4 Å². The first kappa shape index (κ1) is 22.5. The number of benzene rings is 3. The van der Waals surface area contributed by atoms with Gasteiger partial charge >= 0.3 is 6.03 Å². The van der Waals surface area contributed by atoms with E-state index in [0.717, 1.165) is 22.3 Å². The maximum atomic E-state index is 13.8. The lowest BCUT2D eigenvalue weighted by Gasteiger charge is -2.35. The molecule has 2 amide bonds. The Morgan fingerprint density at radius 3 is 2.34 bits per heavy atom. The van der Waals surface area contributed by atoms with Crippen LogP contribution in [0.5, 0.6) is 0 Å². The summed E-state index contributed by atoms with van der Waals surface area (Å²) < 4.78 is 19.4. The highest BCUT2D eigenvalue weighted by Gasteiger charge is 2.35. The summed E-state index contributed by atoms with van der Waals surface area (Å²) in [6.07, 6.45) is 0. The van der Waals surface area contributed by atoms with Crippen molar-refractivity contribution in [1.29, 1.82) is 0 Å². The van der Waals surface area contributed by atoms with Crippen LogP contribution in [0, 0.1) is 19.7 Å². The Hall–Kier alpha value is -4.26. The van der Waals surface area contributed by atoms with Crippen LogP contribution in [0.3, 0.4) is 0 Å². The van der Waals surface area contributed by atoms with Crippen molar-refractivity contribution in [1.82, 2.24) is 20.4 Å². The number of urea groups is 1. The molecule has 35 heavy (non-hydrogen) atoms. The minimum absolute atomic E-state index is 0.206. The first-order chi connectivity index (χ1) is 16.9. The Morgan fingerprint density at radius 1 is 0.971 bits per heavy atom. The molecule has 7 heteroatoms. The quantitative estimate of drug-likeness (QED) is 0.379. The normalized spacial score (nSPS) is 15.9. The summed E-state index contributed by atoms with van der Waals surface area (Å²) in [6, 6.07) is 21.4. The fourth-order valence-electron chi connectivity index (χ4n) is 4.21. The molecule has 0 bridgehead atoms. The molecule has 1 aliphatic rings. The molecule has 2 heterocycles. The van der Waals surface area contributed by atoms with Crippen molar-refractivity contribution in [2.24, 2.45) is 0 Å². The lowest BCUT2D eigenvalue weighted by atomic mass is 9.94. The summed E-state index contributed by atoms with van der Waals surface area (Å²) in [6.45, 7) is 6.32. The van der Waals surface area contributed by atoms with Crippen molar-refractivity contribution in [3.05, 3.63) is 112 Å². The van der Waals surface area contributed by atoms with Crippen molar-refractivity contribution in [2.45, 2.75) is 33.4 Å². The molecule has 0 aliphatic carbocycles. The number of allylic oxidation sites excluding steroid dienone is 1. The van der Waals surface area contributed by atoms with E-state index >= 15 is 0 Å². The fraction of sp³-hybridized carbons (Fsp3) is 0.179. The Morgan fingerprint density at radius 2 is 1.66 bits per heavy atom. The molecule has 1 aromatic heterocycles. The highest BCUT2D eigenvalue weighted by atomic mass is 19.1. The van der Waals surface area contributed by atoms with E-state index in [1.807, 2.05) is 69.3 Å². The van der Waals surface area contributed by atoms with E-state index in [2.05, 4.69) is 15.5 Å². The molecule has 1 unspecified atom stereocenters. The molecular weight excluding hydrogens is 443 g/mol. The molecule has 4 aromatic rings. The summed E-state index contributed by atoms with van der Waals surface area (Å²) >= 11 is 0. The molecule has 0 saturated heterocycles. The maximum absolute atomic E-state index is 13.8. The number of halogens is 1. The predicted molar refractivity (Wildman–Crippen MR) is 131 cm³/mol. The zero-order valence-corrected chi connectivity index (χ0v) is 19.7. The minimum Gasteiger partial charge on any atom is -0.334 e. The second-order valence-electron chi connectivity index (χ2n) is 8.80. The van der Waals surface area contributed by atoms with Gasteiger partial charge < -0.3 is 9.84 Å². The van der Waals surface area contributed by atoms with Gasteiger partial charge in [-0.15, -0.1) is 0 Å². The van der Waals surface area contributed by atoms with Crippen molar-refractivity contribution in [3.63, 3.8) is 0 Å². The number of carbonyl (C=O) groups is 1. The van der Waals surface area contributed by atoms with E-state index in [1.165, 1.54) is 12.1 Å². The number of hydrogen-bond acceptors (Lipinski definition) is 4. The molecule has 0 saturated carbocycles. The predicted octanol–water partition coefficient (Wildman–Crippen LogP) is 6.19. The largest absolute Gasteiger partial charge is 0.334 e. The van der Waals surface area contributed by atoms with Gasteiger partial charge in [-0.05, 0) is 44.0 Å². The first-order valence-corrected chi connectivity index (χ1v) is 11.4. The average molecular weight is 469 g/mol. The zero-order valence-electron chi connectivity index (χ0n) is 19.7. The molecule has 1 N–H and O–H groups in total. The highest BCUT2D eigenvalue weighted by Crippen LogP contribution is 2.38. The molecule has 0 spiro atoms. The second kappa shape index (κ2) is 9.18. The van der Waals surface area contributed by atoms with Gasteiger partial charge in [-0.1, -0.05) is 76.9 Å². The second-order valence-corrected chi connectivity index (χ2v) is 8.80.